The number of fused-ring (bicyclic) bond motifs is 5. The molecule has 2 heteroatoms. The van der Waals surface area contributed by atoms with Crippen LogP contribution in [0.2, 0.25) is 0 Å². The van der Waals surface area contributed by atoms with Crippen molar-refractivity contribution < 1.29 is 9.53 Å². The Morgan fingerprint density at radius 2 is 1.88 bits per heavy atom. The molecule has 3 unspecified atom stereocenters. The molecular weight excluding hydrogens is 320 g/mol. The summed E-state index contributed by atoms with van der Waals surface area (Å²) < 4.78 is 6.44. The Balaban J connectivity index is 1.76. The van der Waals surface area contributed by atoms with Crippen molar-refractivity contribution in [3.05, 3.63) is 11.6 Å². The zero-order valence-corrected chi connectivity index (χ0v) is 17.4. The van der Waals surface area contributed by atoms with Crippen LogP contribution < -0.4 is 0 Å². The maximum absolute atomic E-state index is 13.7. The molecule has 0 bridgehead atoms. The van der Waals surface area contributed by atoms with E-state index in [-0.39, 0.29) is 11.0 Å². The summed E-state index contributed by atoms with van der Waals surface area (Å²) in [6.45, 7) is 9.91. The highest BCUT2D eigenvalue weighted by Gasteiger charge is 2.66. The molecule has 0 aromatic rings. The third-order valence-corrected chi connectivity index (χ3v) is 9.19. The number of rotatable bonds is 4. The lowest BCUT2D eigenvalue weighted by atomic mass is 9.47. The van der Waals surface area contributed by atoms with Crippen molar-refractivity contribution in [3.8, 4) is 0 Å². The second kappa shape index (κ2) is 6.47. The molecule has 3 saturated carbocycles. The van der Waals surface area contributed by atoms with Gasteiger partial charge in [0.2, 0.25) is 0 Å². The predicted octanol–water partition coefficient (Wildman–Crippen LogP) is 6.09. The van der Waals surface area contributed by atoms with Crippen molar-refractivity contribution >= 4 is 5.78 Å². The third-order valence-electron chi connectivity index (χ3n) is 9.19. The number of ether oxygens (including phenoxy) is 1. The summed E-state index contributed by atoms with van der Waals surface area (Å²) in [4.78, 5) is 13.7. The van der Waals surface area contributed by atoms with Crippen LogP contribution in [0.15, 0.2) is 11.6 Å². The molecule has 0 radical (unpaired) electrons. The van der Waals surface area contributed by atoms with Gasteiger partial charge in [-0.1, -0.05) is 39.2 Å². The molecule has 0 heterocycles. The number of allylic oxidation sites excluding steroid dienone is 2. The molecule has 146 valence electrons. The highest BCUT2D eigenvalue weighted by atomic mass is 16.5. The Morgan fingerprint density at radius 1 is 1.08 bits per heavy atom. The lowest BCUT2D eigenvalue weighted by Gasteiger charge is -2.57. The van der Waals surface area contributed by atoms with Gasteiger partial charge in [0.1, 0.15) is 0 Å². The van der Waals surface area contributed by atoms with E-state index in [1.54, 1.807) is 5.57 Å². The van der Waals surface area contributed by atoms with E-state index in [1.165, 1.54) is 44.9 Å². The lowest BCUT2D eigenvalue weighted by Crippen LogP contribution is -2.57. The quantitative estimate of drug-likeness (QED) is 0.607. The molecule has 4 aliphatic carbocycles. The van der Waals surface area contributed by atoms with Gasteiger partial charge in [-0.2, -0.15) is 0 Å². The van der Waals surface area contributed by atoms with E-state index in [1.807, 2.05) is 0 Å². The van der Waals surface area contributed by atoms with Gasteiger partial charge in [-0.25, -0.2) is 0 Å². The molecule has 0 aromatic carbocycles. The van der Waals surface area contributed by atoms with E-state index in [2.05, 4.69) is 33.8 Å². The van der Waals surface area contributed by atoms with Crippen LogP contribution in [0.4, 0.5) is 0 Å². The van der Waals surface area contributed by atoms with Crippen LogP contribution >= 0.6 is 0 Å². The summed E-state index contributed by atoms with van der Waals surface area (Å²) >= 11 is 0. The average molecular weight is 359 g/mol. The predicted molar refractivity (Wildman–Crippen MR) is 106 cm³/mol. The van der Waals surface area contributed by atoms with Crippen LogP contribution in [0, 0.1) is 28.6 Å². The Morgan fingerprint density at radius 3 is 2.62 bits per heavy atom. The second-order valence-corrected chi connectivity index (χ2v) is 10.1. The minimum Gasteiger partial charge on any atom is -0.374 e. The molecule has 0 saturated heterocycles. The van der Waals surface area contributed by atoms with Crippen LogP contribution in [0.5, 0.6) is 0 Å². The molecule has 4 aliphatic rings. The van der Waals surface area contributed by atoms with Crippen molar-refractivity contribution in [2.24, 2.45) is 28.6 Å². The zero-order valence-electron chi connectivity index (χ0n) is 17.4. The summed E-state index contributed by atoms with van der Waals surface area (Å²) in [6, 6.07) is 0. The van der Waals surface area contributed by atoms with Crippen LogP contribution in [0.3, 0.4) is 0 Å². The van der Waals surface area contributed by atoms with Crippen molar-refractivity contribution in [2.75, 3.05) is 6.61 Å². The third kappa shape index (κ3) is 2.30. The maximum Gasteiger partial charge on any atom is 0.164 e. The largest absolute Gasteiger partial charge is 0.374 e. The molecule has 0 N–H and O–H groups in total. The van der Waals surface area contributed by atoms with Gasteiger partial charge in [0.05, 0.1) is 11.0 Å². The SMILES string of the molecule is CCCOC1(C)CCC2C3CC[C@@H]4CCCC[C@]4(C)C3=CC(=O)[C@@]21CC. The molecule has 6 atom stereocenters. The van der Waals surface area contributed by atoms with Crippen LogP contribution in [-0.2, 0) is 9.53 Å². The van der Waals surface area contributed by atoms with E-state index < -0.39 is 0 Å². The van der Waals surface area contributed by atoms with E-state index in [0.717, 1.165) is 31.8 Å². The normalized spacial score (nSPS) is 47.8. The van der Waals surface area contributed by atoms with Gasteiger partial charge < -0.3 is 4.74 Å². The first-order valence-electron chi connectivity index (χ1n) is 11.3. The maximum atomic E-state index is 13.7. The van der Waals surface area contributed by atoms with E-state index >= 15 is 0 Å². The molecule has 0 aliphatic heterocycles. The molecule has 0 amide bonds. The highest BCUT2D eigenvalue weighted by Crippen LogP contribution is 2.66. The van der Waals surface area contributed by atoms with Gasteiger partial charge in [-0.05, 0) is 87.5 Å². The minimum absolute atomic E-state index is 0.272. The van der Waals surface area contributed by atoms with Gasteiger partial charge >= 0.3 is 0 Å². The molecule has 0 aromatic heterocycles. The number of hydrogen-bond acceptors (Lipinski definition) is 2. The summed E-state index contributed by atoms with van der Waals surface area (Å²) in [5, 5.41) is 0. The van der Waals surface area contributed by atoms with Gasteiger partial charge in [0.25, 0.3) is 0 Å². The summed E-state index contributed by atoms with van der Waals surface area (Å²) in [7, 11) is 0. The van der Waals surface area contributed by atoms with E-state index in [4.69, 9.17) is 4.74 Å². The number of carbonyl (C=O) groups is 1. The molecule has 4 rings (SSSR count). The smallest absolute Gasteiger partial charge is 0.164 e. The Hall–Kier alpha value is -0.630. The van der Waals surface area contributed by atoms with Gasteiger partial charge in [0.15, 0.2) is 5.78 Å². The van der Waals surface area contributed by atoms with Gasteiger partial charge in [0, 0.05) is 6.61 Å². The van der Waals surface area contributed by atoms with Crippen molar-refractivity contribution in [3.63, 3.8) is 0 Å². The number of carbonyl (C=O) groups excluding carboxylic acids is 1. The van der Waals surface area contributed by atoms with Gasteiger partial charge in [-0.15, -0.1) is 0 Å². The van der Waals surface area contributed by atoms with Crippen LogP contribution in [0.1, 0.15) is 91.9 Å². The topological polar surface area (TPSA) is 26.3 Å². The van der Waals surface area contributed by atoms with Crippen molar-refractivity contribution in [2.45, 2.75) is 97.5 Å². The summed E-state index contributed by atoms with van der Waals surface area (Å²) in [5.41, 5.74) is 1.28. The fraction of sp³-hybridized carbons (Fsp3) is 0.875. The first kappa shape index (κ1) is 18.7. The fourth-order valence-electron chi connectivity index (χ4n) is 7.79. The van der Waals surface area contributed by atoms with Crippen molar-refractivity contribution in [1.82, 2.24) is 0 Å². The fourth-order valence-corrected chi connectivity index (χ4v) is 7.79. The Kier molecular flexibility index (Phi) is 4.66. The molecule has 2 nitrogen and oxygen atoms in total. The first-order chi connectivity index (χ1) is 12.4. The average Bonchev–Trinajstić information content (AvgIpc) is 2.95. The van der Waals surface area contributed by atoms with E-state index in [0.29, 0.717) is 23.0 Å². The van der Waals surface area contributed by atoms with Crippen molar-refractivity contribution in [1.29, 1.82) is 0 Å². The Bertz CT molecular complexity index is 607. The zero-order chi connectivity index (χ0) is 18.6. The second-order valence-electron chi connectivity index (χ2n) is 10.1. The van der Waals surface area contributed by atoms with Gasteiger partial charge in [-0.3, -0.25) is 4.79 Å². The molecular formula is C24H38O2. The molecule has 0 spiro atoms. The standard InChI is InChI=1S/C24H38O2/c1-5-15-26-23(4)14-12-19-18-11-10-17-9-7-8-13-22(17,3)20(18)16-21(25)24(19,23)6-2/h16-19H,5-15H2,1-4H3/t17-,18?,19?,22-,23?,24+/m0/s1. The summed E-state index contributed by atoms with van der Waals surface area (Å²) in [6.07, 6.45) is 14.4. The van der Waals surface area contributed by atoms with E-state index in [9.17, 15) is 4.79 Å². The van der Waals surface area contributed by atoms with Crippen LogP contribution in [-0.4, -0.2) is 18.0 Å². The minimum atomic E-state index is -0.284. The Labute approximate surface area is 160 Å². The number of hydrogen-bond donors (Lipinski definition) is 0. The first-order valence-corrected chi connectivity index (χ1v) is 11.3. The lowest BCUT2D eigenvalue weighted by molar-refractivity contribution is -0.159. The molecule has 3 fully saturated rings. The number of ketones is 1. The summed E-state index contributed by atoms with van der Waals surface area (Å²) in [5.74, 6) is 2.34. The monoisotopic (exact) mass is 358 g/mol. The highest BCUT2D eigenvalue weighted by molar-refractivity contribution is 5.98. The van der Waals surface area contributed by atoms with Crippen LogP contribution in [0.25, 0.3) is 0 Å². The molecule has 26 heavy (non-hydrogen) atoms.